The lowest BCUT2D eigenvalue weighted by Crippen LogP contribution is -2.31. The molecule has 0 spiro atoms. The predicted octanol–water partition coefficient (Wildman–Crippen LogP) is 4.25. The fraction of sp³-hybridized carbons (Fsp3) is 1.00. The molecule has 0 bridgehead atoms. The molecule has 0 amide bonds. The van der Waals surface area contributed by atoms with Gasteiger partial charge in [0.15, 0.2) is 0 Å². The normalized spacial score (nSPS) is 33.0. The minimum Gasteiger partial charge on any atom is -0.378 e. The van der Waals surface area contributed by atoms with Crippen LogP contribution in [-0.2, 0) is 4.74 Å². The van der Waals surface area contributed by atoms with Crippen molar-refractivity contribution in [3.05, 3.63) is 0 Å². The van der Waals surface area contributed by atoms with E-state index in [1.807, 2.05) is 0 Å². The maximum Gasteiger partial charge on any atom is 0.0580 e. The summed E-state index contributed by atoms with van der Waals surface area (Å²) in [4.78, 5) is 0. The first kappa shape index (κ1) is 13.5. The zero-order valence-electron chi connectivity index (χ0n) is 10.6. The predicted molar refractivity (Wildman–Crippen MR) is 69.5 cm³/mol. The van der Waals surface area contributed by atoms with Crippen LogP contribution < -0.4 is 0 Å². The molecule has 2 unspecified atom stereocenters. The fourth-order valence-electron chi connectivity index (χ4n) is 2.39. The summed E-state index contributed by atoms with van der Waals surface area (Å²) in [7, 11) is 0. The molecule has 0 N–H and O–H groups in total. The molecule has 1 nitrogen and oxygen atoms in total. The monoisotopic (exact) mass is 276 g/mol. The van der Waals surface area contributed by atoms with Crippen molar-refractivity contribution in [3.8, 4) is 0 Å². The molecule has 1 rings (SSSR count). The second-order valence-corrected chi connectivity index (χ2v) is 6.71. The van der Waals surface area contributed by atoms with Crippen molar-refractivity contribution in [1.82, 2.24) is 0 Å². The number of hydrogen-bond donors (Lipinski definition) is 0. The smallest absolute Gasteiger partial charge is 0.0580 e. The maximum atomic E-state index is 6.05. The minimum absolute atomic E-state index is 0.268. The first-order valence-electron chi connectivity index (χ1n) is 6.10. The second-order valence-electron chi connectivity index (χ2n) is 6.15. The van der Waals surface area contributed by atoms with Gasteiger partial charge in [-0.2, -0.15) is 0 Å². The summed E-state index contributed by atoms with van der Waals surface area (Å²) in [5.41, 5.74) is 0.268. The van der Waals surface area contributed by atoms with Crippen LogP contribution in [0.5, 0.6) is 0 Å². The molecule has 2 atom stereocenters. The van der Waals surface area contributed by atoms with Crippen LogP contribution in [-0.4, -0.2) is 18.0 Å². The third-order valence-corrected chi connectivity index (χ3v) is 4.72. The van der Waals surface area contributed by atoms with Gasteiger partial charge >= 0.3 is 0 Å². The van der Waals surface area contributed by atoms with Gasteiger partial charge < -0.3 is 4.74 Å². The van der Waals surface area contributed by atoms with Crippen molar-refractivity contribution >= 4 is 15.9 Å². The summed E-state index contributed by atoms with van der Waals surface area (Å²) in [5.74, 6) is 1.68. The van der Waals surface area contributed by atoms with E-state index in [1.165, 1.54) is 19.3 Å². The summed E-state index contributed by atoms with van der Waals surface area (Å²) in [6.07, 6.45) is 4.38. The Morgan fingerprint density at radius 1 is 1.13 bits per heavy atom. The van der Waals surface area contributed by atoms with Crippen molar-refractivity contribution in [2.45, 2.75) is 53.1 Å². The van der Waals surface area contributed by atoms with Crippen molar-refractivity contribution < 1.29 is 4.74 Å². The van der Waals surface area contributed by atoms with Gasteiger partial charge in [0.1, 0.15) is 0 Å². The third kappa shape index (κ3) is 4.86. The van der Waals surface area contributed by atoms with Crippen LogP contribution in [0, 0.1) is 17.3 Å². The molecule has 1 aliphatic rings. The number of hydrogen-bond acceptors (Lipinski definition) is 1. The van der Waals surface area contributed by atoms with E-state index in [2.05, 4.69) is 43.6 Å². The Balaban J connectivity index is 2.32. The van der Waals surface area contributed by atoms with Gasteiger partial charge in [0.05, 0.1) is 12.7 Å². The molecule has 1 aliphatic carbocycles. The average molecular weight is 277 g/mol. The van der Waals surface area contributed by atoms with Gasteiger partial charge in [-0.15, -0.1) is 0 Å². The molecule has 0 saturated heterocycles. The molecule has 0 aromatic carbocycles. The van der Waals surface area contributed by atoms with Crippen molar-refractivity contribution in [2.24, 2.45) is 17.3 Å². The standard InChI is InChI=1S/C13H25BrO/c1-10-5-11(2)7-12(6-10)15-9-13(3,4)8-14/h10-12H,5-9H2,1-4H3. The first-order chi connectivity index (χ1) is 6.93. The Morgan fingerprint density at radius 3 is 2.13 bits per heavy atom. The van der Waals surface area contributed by atoms with Gasteiger partial charge in [-0.3, -0.25) is 0 Å². The van der Waals surface area contributed by atoms with Crippen LogP contribution in [0.4, 0.5) is 0 Å². The summed E-state index contributed by atoms with van der Waals surface area (Å²) in [6.45, 7) is 10.1. The Morgan fingerprint density at radius 2 is 1.67 bits per heavy atom. The molecular formula is C13H25BrO. The van der Waals surface area contributed by atoms with Gasteiger partial charge in [-0.05, 0) is 36.5 Å². The summed E-state index contributed by atoms with van der Waals surface area (Å²) in [6, 6.07) is 0. The lowest BCUT2D eigenvalue weighted by molar-refractivity contribution is -0.0287. The molecule has 0 aromatic rings. The Hall–Kier alpha value is 0.440. The van der Waals surface area contributed by atoms with E-state index in [0.29, 0.717) is 6.10 Å². The number of alkyl halides is 1. The Bertz CT molecular complexity index is 181. The van der Waals surface area contributed by atoms with E-state index in [1.54, 1.807) is 0 Å². The number of rotatable bonds is 4. The van der Waals surface area contributed by atoms with Gasteiger partial charge in [0, 0.05) is 5.33 Å². The van der Waals surface area contributed by atoms with E-state index in [-0.39, 0.29) is 5.41 Å². The maximum absolute atomic E-state index is 6.05. The lowest BCUT2D eigenvalue weighted by atomic mass is 9.81. The van der Waals surface area contributed by atoms with Crippen molar-refractivity contribution in [1.29, 1.82) is 0 Å². The summed E-state index contributed by atoms with van der Waals surface area (Å²) >= 11 is 3.54. The minimum atomic E-state index is 0.268. The lowest BCUT2D eigenvalue weighted by Gasteiger charge is -2.33. The molecule has 1 saturated carbocycles. The second kappa shape index (κ2) is 5.67. The zero-order chi connectivity index (χ0) is 11.5. The van der Waals surface area contributed by atoms with Crippen LogP contribution in [0.25, 0.3) is 0 Å². The van der Waals surface area contributed by atoms with Gasteiger partial charge in [-0.25, -0.2) is 0 Å². The fourth-order valence-corrected chi connectivity index (χ4v) is 2.55. The van der Waals surface area contributed by atoms with E-state index >= 15 is 0 Å². The van der Waals surface area contributed by atoms with Crippen molar-refractivity contribution in [2.75, 3.05) is 11.9 Å². The average Bonchev–Trinajstić information content (AvgIpc) is 2.14. The third-order valence-electron chi connectivity index (χ3n) is 3.21. The van der Waals surface area contributed by atoms with Crippen LogP contribution in [0.15, 0.2) is 0 Å². The summed E-state index contributed by atoms with van der Waals surface area (Å²) < 4.78 is 6.05. The van der Waals surface area contributed by atoms with Gasteiger partial charge in [0.2, 0.25) is 0 Å². The van der Waals surface area contributed by atoms with Crippen LogP contribution in [0.3, 0.4) is 0 Å². The van der Waals surface area contributed by atoms with E-state index in [9.17, 15) is 0 Å². The van der Waals surface area contributed by atoms with Gasteiger partial charge in [-0.1, -0.05) is 43.6 Å². The highest BCUT2D eigenvalue weighted by Crippen LogP contribution is 2.31. The topological polar surface area (TPSA) is 9.23 Å². The largest absolute Gasteiger partial charge is 0.378 e. The number of halogens is 1. The molecule has 0 heterocycles. The molecular weight excluding hydrogens is 252 g/mol. The van der Waals surface area contributed by atoms with Gasteiger partial charge in [0.25, 0.3) is 0 Å². The molecule has 0 aliphatic heterocycles. The quantitative estimate of drug-likeness (QED) is 0.698. The highest BCUT2D eigenvalue weighted by atomic mass is 79.9. The molecule has 90 valence electrons. The molecule has 1 fully saturated rings. The van der Waals surface area contributed by atoms with E-state index in [0.717, 1.165) is 23.8 Å². The Kier molecular flexibility index (Phi) is 5.11. The summed E-state index contributed by atoms with van der Waals surface area (Å²) in [5, 5.41) is 1.01. The zero-order valence-corrected chi connectivity index (χ0v) is 12.1. The molecule has 0 aromatic heterocycles. The number of ether oxygens (including phenoxy) is 1. The highest BCUT2D eigenvalue weighted by Gasteiger charge is 2.26. The first-order valence-corrected chi connectivity index (χ1v) is 7.22. The van der Waals surface area contributed by atoms with Crippen LogP contribution in [0.1, 0.15) is 47.0 Å². The highest BCUT2D eigenvalue weighted by molar-refractivity contribution is 9.09. The van der Waals surface area contributed by atoms with E-state index < -0.39 is 0 Å². The van der Waals surface area contributed by atoms with Crippen LogP contribution in [0.2, 0.25) is 0 Å². The SMILES string of the molecule is CC1CC(C)CC(OCC(C)(C)CBr)C1. The molecule has 15 heavy (non-hydrogen) atoms. The molecule has 0 radical (unpaired) electrons. The molecule has 2 heteroatoms. The Labute approximate surface area is 103 Å². The van der Waals surface area contributed by atoms with Crippen molar-refractivity contribution in [3.63, 3.8) is 0 Å². The van der Waals surface area contributed by atoms with Crippen LogP contribution >= 0.6 is 15.9 Å². The van der Waals surface area contributed by atoms with E-state index in [4.69, 9.17) is 4.74 Å².